The molecule has 0 radical (unpaired) electrons. The van der Waals surface area contributed by atoms with Gasteiger partial charge in [-0.15, -0.1) is 0 Å². The van der Waals surface area contributed by atoms with E-state index < -0.39 is 0 Å². The van der Waals surface area contributed by atoms with Crippen LogP contribution in [0.4, 0.5) is 14.7 Å². The van der Waals surface area contributed by atoms with E-state index in [9.17, 15) is 9.59 Å². The van der Waals surface area contributed by atoms with Crippen LogP contribution in [-0.4, -0.2) is 34.5 Å². The van der Waals surface area contributed by atoms with Crippen molar-refractivity contribution < 1.29 is 9.59 Å². The van der Waals surface area contributed by atoms with E-state index in [1.807, 2.05) is 30.3 Å². The number of nitrogens with zero attached hydrogens (tertiary/aromatic N) is 2. The molecule has 7 nitrogen and oxygen atoms in total. The SMILES string of the molecule is O=C(Nc1nc2c(s1)CN(C(=O)NCc1ccccc1)CC2)NC1CCCC1. The quantitative estimate of drug-likeness (QED) is 0.736. The molecule has 0 saturated heterocycles. The number of thiazole rings is 1. The largest absolute Gasteiger partial charge is 0.335 e. The van der Waals surface area contributed by atoms with Gasteiger partial charge in [0.15, 0.2) is 5.13 Å². The molecule has 4 rings (SSSR count). The molecule has 1 aromatic heterocycles. The Kier molecular flexibility index (Phi) is 5.76. The highest BCUT2D eigenvalue weighted by atomic mass is 32.1. The van der Waals surface area contributed by atoms with Crippen molar-refractivity contribution in [1.82, 2.24) is 20.5 Å². The molecule has 1 aliphatic carbocycles. The van der Waals surface area contributed by atoms with E-state index in [1.54, 1.807) is 4.90 Å². The molecule has 0 bridgehead atoms. The molecule has 0 spiro atoms. The fourth-order valence-electron chi connectivity index (χ4n) is 3.70. The standard InChI is InChI=1S/C20H25N5O2S/c26-18(22-15-8-4-5-9-15)24-19-23-16-10-11-25(13-17(16)28-19)20(27)21-12-14-6-2-1-3-7-14/h1-3,6-7,15H,4-5,8-13H2,(H,21,27)(H2,22,23,24,26). The Morgan fingerprint density at radius 3 is 2.75 bits per heavy atom. The molecule has 1 aliphatic heterocycles. The van der Waals surface area contributed by atoms with Crippen molar-refractivity contribution in [3.63, 3.8) is 0 Å². The summed E-state index contributed by atoms with van der Waals surface area (Å²) in [5.74, 6) is 0. The zero-order valence-electron chi connectivity index (χ0n) is 15.7. The second-order valence-electron chi connectivity index (χ2n) is 7.28. The van der Waals surface area contributed by atoms with E-state index >= 15 is 0 Å². The summed E-state index contributed by atoms with van der Waals surface area (Å²) in [6, 6.07) is 9.89. The highest BCUT2D eigenvalue weighted by Crippen LogP contribution is 2.28. The summed E-state index contributed by atoms with van der Waals surface area (Å²) in [7, 11) is 0. The average molecular weight is 400 g/mol. The minimum absolute atomic E-state index is 0.0728. The van der Waals surface area contributed by atoms with Gasteiger partial charge >= 0.3 is 12.1 Å². The van der Waals surface area contributed by atoms with Crippen LogP contribution in [0.1, 0.15) is 41.8 Å². The fourth-order valence-corrected chi connectivity index (χ4v) is 4.72. The van der Waals surface area contributed by atoms with Crippen molar-refractivity contribution in [2.45, 2.75) is 51.2 Å². The van der Waals surface area contributed by atoms with Gasteiger partial charge in [0.25, 0.3) is 0 Å². The van der Waals surface area contributed by atoms with E-state index in [0.29, 0.717) is 31.2 Å². The summed E-state index contributed by atoms with van der Waals surface area (Å²) in [6.07, 6.45) is 5.16. The van der Waals surface area contributed by atoms with Crippen molar-refractivity contribution in [1.29, 1.82) is 0 Å². The number of anilines is 1. The Hall–Kier alpha value is -2.61. The molecule has 2 heterocycles. The molecule has 1 fully saturated rings. The number of benzene rings is 1. The van der Waals surface area contributed by atoms with E-state index in [-0.39, 0.29) is 18.1 Å². The third kappa shape index (κ3) is 4.62. The molecule has 4 amide bonds. The Bertz CT molecular complexity index is 832. The van der Waals surface area contributed by atoms with Gasteiger partial charge in [-0.3, -0.25) is 5.32 Å². The number of carbonyl (C=O) groups is 2. The maximum Gasteiger partial charge on any atom is 0.321 e. The molecule has 3 N–H and O–H groups in total. The van der Waals surface area contributed by atoms with E-state index in [0.717, 1.165) is 29.0 Å². The van der Waals surface area contributed by atoms with Crippen LogP contribution in [0.5, 0.6) is 0 Å². The minimum atomic E-state index is -0.185. The second kappa shape index (κ2) is 8.60. The molecule has 8 heteroatoms. The zero-order chi connectivity index (χ0) is 19.3. The summed E-state index contributed by atoms with van der Waals surface area (Å²) >= 11 is 1.45. The number of hydrogen-bond acceptors (Lipinski definition) is 4. The van der Waals surface area contributed by atoms with Gasteiger partial charge in [0, 0.05) is 30.4 Å². The molecule has 0 atom stereocenters. The summed E-state index contributed by atoms with van der Waals surface area (Å²) in [4.78, 5) is 32.0. The van der Waals surface area contributed by atoms with Gasteiger partial charge in [0.2, 0.25) is 0 Å². The van der Waals surface area contributed by atoms with Crippen LogP contribution >= 0.6 is 11.3 Å². The van der Waals surface area contributed by atoms with Crippen molar-refractivity contribution >= 4 is 28.5 Å². The number of aromatic nitrogens is 1. The van der Waals surface area contributed by atoms with Gasteiger partial charge in [-0.2, -0.15) is 0 Å². The number of carbonyl (C=O) groups excluding carboxylic acids is 2. The first-order chi connectivity index (χ1) is 13.7. The Morgan fingerprint density at radius 2 is 1.96 bits per heavy atom. The maximum absolute atomic E-state index is 12.5. The van der Waals surface area contributed by atoms with Crippen molar-refractivity contribution in [3.8, 4) is 0 Å². The monoisotopic (exact) mass is 399 g/mol. The van der Waals surface area contributed by atoms with Gasteiger partial charge in [-0.25, -0.2) is 14.6 Å². The normalized spacial score (nSPS) is 16.5. The second-order valence-corrected chi connectivity index (χ2v) is 8.37. The molecule has 148 valence electrons. The molecule has 28 heavy (non-hydrogen) atoms. The van der Waals surface area contributed by atoms with Crippen molar-refractivity contribution in [2.75, 3.05) is 11.9 Å². The summed E-state index contributed by atoms with van der Waals surface area (Å²) < 4.78 is 0. The highest BCUT2D eigenvalue weighted by molar-refractivity contribution is 7.15. The van der Waals surface area contributed by atoms with Crippen LogP contribution in [0, 0.1) is 0 Å². The van der Waals surface area contributed by atoms with Crippen LogP contribution in [0.25, 0.3) is 0 Å². The average Bonchev–Trinajstić information content (AvgIpc) is 3.35. The number of rotatable bonds is 4. The number of urea groups is 2. The Labute approximate surface area is 168 Å². The van der Waals surface area contributed by atoms with E-state index in [4.69, 9.17) is 0 Å². The van der Waals surface area contributed by atoms with Crippen LogP contribution in [-0.2, 0) is 19.5 Å². The smallest absolute Gasteiger partial charge is 0.321 e. The van der Waals surface area contributed by atoms with E-state index in [1.165, 1.54) is 24.2 Å². The van der Waals surface area contributed by atoms with Crippen LogP contribution in [0.2, 0.25) is 0 Å². The van der Waals surface area contributed by atoms with Gasteiger partial charge in [0.1, 0.15) is 0 Å². The van der Waals surface area contributed by atoms with Crippen LogP contribution in [0.3, 0.4) is 0 Å². The van der Waals surface area contributed by atoms with Gasteiger partial charge < -0.3 is 15.5 Å². The number of hydrogen-bond donors (Lipinski definition) is 3. The predicted molar refractivity (Wildman–Crippen MR) is 109 cm³/mol. The first kappa shape index (κ1) is 18.7. The molecule has 1 aromatic carbocycles. The minimum Gasteiger partial charge on any atom is -0.335 e. The summed E-state index contributed by atoms with van der Waals surface area (Å²) in [5.41, 5.74) is 2.05. The van der Waals surface area contributed by atoms with Crippen molar-refractivity contribution in [2.24, 2.45) is 0 Å². The van der Waals surface area contributed by atoms with Gasteiger partial charge in [0.05, 0.1) is 12.2 Å². The van der Waals surface area contributed by atoms with Gasteiger partial charge in [-0.05, 0) is 18.4 Å². The molecule has 2 aliphatic rings. The third-order valence-electron chi connectivity index (χ3n) is 5.22. The molecular formula is C20H25N5O2S. The predicted octanol–water partition coefficient (Wildman–Crippen LogP) is 3.48. The molecule has 2 aromatic rings. The lowest BCUT2D eigenvalue weighted by Crippen LogP contribution is -2.42. The van der Waals surface area contributed by atoms with Crippen LogP contribution < -0.4 is 16.0 Å². The first-order valence-corrected chi connectivity index (χ1v) is 10.6. The number of amides is 4. The zero-order valence-corrected chi connectivity index (χ0v) is 16.6. The Balaban J connectivity index is 1.30. The maximum atomic E-state index is 12.5. The lowest BCUT2D eigenvalue weighted by atomic mass is 10.2. The van der Waals surface area contributed by atoms with E-state index in [2.05, 4.69) is 20.9 Å². The number of nitrogens with one attached hydrogen (secondary N) is 3. The Morgan fingerprint density at radius 1 is 1.18 bits per heavy atom. The lowest BCUT2D eigenvalue weighted by molar-refractivity contribution is 0.192. The topological polar surface area (TPSA) is 86.4 Å². The fraction of sp³-hybridized carbons (Fsp3) is 0.450. The molecular weight excluding hydrogens is 374 g/mol. The third-order valence-corrected chi connectivity index (χ3v) is 6.21. The summed E-state index contributed by atoms with van der Waals surface area (Å²) in [6.45, 7) is 1.67. The molecule has 1 saturated carbocycles. The highest BCUT2D eigenvalue weighted by Gasteiger charge is 2.25. The van der Waals surface area contributed by atoms with Crippen molar-refractivity contribution in [3.05, 3.63) is 46.5 Å². The molecule has 0 unspecified atom stereocenters. The first-order valence-electron chi connectivity index (χ1n) is 9.80. The van der Waals surface area contributed by atoms with Crippen LogP contribution in [0.15, 0.2) is 30.3 Å². The number of fused-ring (bicyclic) bond motifs is 1. The van der Waals surface area contributed by atoms with Gasteiger partial charge in [-0.1, -0.05) is 54.5 Å². The lowest BCUT2D eigenvalue weighted by Gasteiger charge is -2.26. The summed E-state index contributed by atoms with van der Waals surface area (Å²) in [5, 5.41) is 9.44.